The van der Waals surface area contributed by atoms with Gasteiger partial charge in [0.15, 0.2) is 0 Å². The summed E-state index contributed by atoms with van der Waals surface area (Å²) >= 11 is 0. The van der Waals surface area contributed by atoms with Crippen molar-refractivity contribution in [3.8, 4) is 5.75 Å². The molecule has 8 heteroatoms. The fourth-order valence-electron chi connectivity index (χ4n) is 2.54. The SMILES string of the molecule is CCCN(CCC)CC(O)COc1ccc(CCC(C)=O)cc1.O=C(O)C(=O)O. The maximum Gasteiger partial charge on any atom is 0.414 e. The third-order valence-corrected chi connectivity index (χ3v) is 3.86. The number of carbonyl (C=O) groups is 3. The smallest absolute Gasteiger partial charge is 0.414 e. The molecular formula is C21H33NO7. The second kappa shape index (κ2) is 15.5. The molecule has 0 aliphatic heterocycles. The third-order valence-electron chi connectivity index (χ3n) is 3.86. The molecule has 0 aliphatic carbocycles. The number of nitrogens with zero attached hydrogens (tertiary/aromatic N) is 1. The summed E-state index contributed by atoms with van der Waals surface area (Å²) in [5.74, 6) is -2.68. The van der Waals surface area contributed by atoms with Gasteiger partial charge in [-0.3, -0.25) is 0 Å². The monoisotopic (exact) mass is 411 g/mol. The van der Waals surface area contributed by atoms with E-state index in [2.05, 4.69) is 18.7 Å². The first-order chi connectivity index (χ1) is 13.7. The molecular weight excluding hydrogens is 378 g/mol. The van der Waals surface area contributed by atoms with Crippen molar-refractivity contribution in [2.45, 2.75) is 52.6 Å². The molecule has 0 heterocycles. The van der Waals surface area contributed by atoms with E-state index in [1.165, 1.54) is 0 Å². The van der Waals surface area contributed by atoms with Crippen LogP contribution >= 0.6 is 0 Å². The number of hydrogen-bond acceptors (Lipinski definition) is 6. The average Bonchev–Trinajstić information content (AvgIpc) is 2.66. The van der Waals surface area contributed by atoms with Crippen LogP contribution in [0.3, 0.4) is 0 Å². The van der Waals surface area contributed by atoms with Gasteiger partial charge in [0.25, 0.3) is 0 Å². The number of aryl methyl sites for hydroxylation is 1. The number of carboxylic acid groups (broad SMARTS) is 2. The highest BCUT2D eigenvalue weighted by atomic mass is 16.5. The van der Waals surface area contributed by atoms with Gasteiger partial charge in [0.05, 0.1) is 0 Å². The molecule has 0 fully saturated rings. The zero-order valence-corrected chi connectivity index (χ0v) is 17.5. The normalized spacial score (nSPS) is 11.3. The zero-order chi connectivity index (χ0) is 22.2. The molecule has 1 atom stereocenters. The molecule has 29 heavy (non-hydrogen) atoms. The minimum absolute atomic E-state index is 0.206. The third kappa shape index (κ3) is 14.2. The van der Waals surface area contributed by atoms with E-state index in [1.807, 2.05) is 24.3 Å². The lowest BCUT2D eigenvalue weighted by Crippen LogP contribution is -2.36. The minimum atomic E-state index is -1.82. The maximum absolute atomic E-state index is 11.0. The molecule has 0 aromatic heterocycles. The van der Waals surface area contributed by atoms with Crippen LogP contribution in [-0.4, -0.2) is 70.3 Å². The van der Waals surface area contributed by atoms with E-state index in [0.717, 1.165) is 43.7 Å². The predicted molar refractivity (Wildman–Crippen MR) is 109 cm³/mol. The van der Waals surface area contributed by atoms with Crippen molar-refractivity contribution in [1.29, 1.82) is 0 Å². The molecule has 0 amide bonds. The quantitative estimate of drug-likeness (QED) is 0.447. The summed E-state index contributed by atoms with van der Waals surface area (Å²) in [4.78, 5) is 31.5. The van der Waals surface area contributed by atoms with Gasteiger partial charge in [-0.1, -0.05) is 26.0 Å². The maximum atomic E-state index is 11.0. The van der Waals surface area contributed by atoms with E-state index < -0.39 is 18.0 Å². The van der Waals surface area contributed by atoms with Crippen LogP contribution in [0.15, 0.2) is 24.3 Å². The molecule has 0 spiro atoms. The number of Topliss-reactive ketones (excluding diaryl/α,β-unsaturated/α-hetero) is 1. The summed E-state index contributed by atoms with van der Waals surface area (Å²) in [5, 5.41) is 24.9. The first-order valence-electron chi connectivity index (χ1n) is 9.77. The number of rotatable bonds is 12. The van der Waals surface area contributed by atoms with E-state index in [4.69, 9.17) is 24.5 Å². The van der Waals surface area contributed by atoms with Crippen molar-refractivity contribution in [3.63, 3.8) is 0 Å². The Morgan fingerprint density at radius 2 is 1.52 bits per heavy atom. The molecule has 8 nitrogen and oxygen atoms in total. The van der Waals surface area contributed by atoms with Crippen molar-refractivity contribution < 1.29 is 34.4 Å². The van der Waals surface area contributed by atoms with Crippen molar-refractivity contribution >= 4 is 17.7 Å². The lowest BCUT2D eigenvalue weighted by molar-refractivity contribution is -0.159. The number of aliphatic carboxylic acids is 2. The van der Waals surface area contributed by atoms with Gasteiger partial charge in [0.2, 0.25) is 0 Å². The Labute approximate surface area is 172 Å². The molecule has 0 saturated heterocycles. The van der Waals surface area contributed by atoms with Gasteiger partial charge in [-0.05, 0) is 57.0 Å². The number of aliphatic hydroxyl groups excluding tert-OH is 1. The van der Waals surface area contributed by atoms with Gasteiger partial charge >= 0.3 is 11.9 Å². The number of benzene rings is 1. The fourth-order valence-corrected chi connectivity index (χ4v) is 2.54. The summed E-state index contributed by atoms with van der Waals surface area (Å²) < 4.78 is 5.66. The Bertz CT molecular complexity index is 598. The Morgan fingerprint density at radius 3 is 1.93 bits per heavy atom. The molecule has 3 N–H and O–H groups in total. The Balaban J connectivity index is 0.00000113. The van der Waals surface area contributed by atoms with Crippen LogP contribution < -0.4 is 4.74 Å². The van der Waals surface area contributed by atoms with E-state index in [-0.39, 0.29) is 5.78 Å². The summed E-state index contributed by atoms with van der Waals surface area (Å²) in [6.45, 7) is 8.89. The van der Waals surface area contributed by atoms with Crippen LogP contribution in [-0.2, 0) is 20.8 Å². The fraction of sp³-hybridized carbons (Fsp3) is 0.571. The van der Waals surface area contributed by atoms with E-state index in [0.29, 0.717) is 19.6 Å². The molecule has 0 bridgehead atoms. The molecule has 1 aromatic rings. The highest BCUT2D eigenvalue weighted by Gasteiger charge is 2.11. The van der Waals surface area contributed by atoms with Crippen LogP contribution in [0.1, 0.15) is 45.6 Å². The van der Waals surface area contributed by atoms with Gasteiger partial charge in [0.1, 0.15) is 24.2 Å². The zero-order valence-electron chi connectivity index (χ0n) is 17.5. The van der Waals surface area contributed by atoms with E-state index in [9.17, 15) is 9.90 Å². The van der Waals surface area contributed by atoms with E-state index >= 15 is 0 Å². The highest BCUT2D eigenvalue weighted by Crippen LogP contribution is 2.14. The summed E-state index contributed by atoms with van der Waals surface area (Å²) in [5.41, 5.74) is 1.13. The molecule has 1 rings (SSSR count). The van der Waals surface area contributed by atoms with Crippen molar-refractivity contribution in [1.82, 2.24) is 4.90 Å². The number of carbonyl (C=O) groups excluding carboxylic acids is 1. The second-order valence-electron chi connectivity index (χ2n) is 6.72. The number of carboxylic acids is 2. The van der Waals surface area contributed by atoms with Gasteiger partial charge in [0, 0.05) is 13.0 Å². The van der Waals surface area contributed by atoms with Crippen LogP contribution in [0.4, 0.5) is 0 Å². The molecule has 164 valence electrons. The van der Waals surface area contributed by atoms with Gasteiger partial charge in [-0.2, -0.15) is 0 Å². The second-order valence-corrected chi connectivity index (χ2v) is 6.72. The number of aliphatic hydroxyl groups is 1. The topological polar surface area (TPSA) is 124 Å². The van der Waals surface area contributed by atoms with Crippen molar-refractivity contribution in [2.75, 3.05) is 26.2 Å². The van der Waals surface area contributed by atoms with E-state index in [1.54, 1.807) is 6.92 Å². The lowest BCUT2D eigenvalue weighted by atomic mass is 10.1. The number of ether oxygens (including phenoxy) is 1. The number of ketones is 1. The van der Waals surface area contributed by atoms with Crippen molar-refractivity contribution in [3.05, 3.63) is 29.8 Å². The predicted octanol–water partition coefficient (Wildman–Crippen LogP) is 2.23. The van der Waals surface area contributed by atoms with Gasteiger partial charge < -0.3 is 29.8 Å². The Kier molecular flexibility index (Phi) is 14.2. The molecule has 1 aromatic carbocycles. The largest absolute Gasteiger partial charge is 0.491 e. The summed E-state index contributed by atoms with van der Waals surface area (Å²) in [6.07, 6.45) is 3.04. The standard InChI is InChI=1S/C19H31NO3.C2H2O4/c1-4-12-20(13-5-2)14-18(22)15-23-19-10-8-17(9-11-19)7-6-16(3)21;3-1(4)2(5)6/h8-11,18,22H,4-7,12-15H2,1-3H3;(H,3,4)(H,5,6). The van der Waals surface area contributed by atoms with Crippen LogP contribution in [0, 0.1) is 0 Å². The first kappa shape index (κ1) is 26.6. The summed E-state index contributed by atoms with van der Waals surface area (Å²) in [7, 11) is 0. The van der Waals surface area contributed by atoms with Crippen molar-refractivity contribution in [2.24, 2.45) is 0 Å². The minimum Gasteiger partial charge on any atom is -0.491 e. The first-order valence-corrected chi connectivity index (χ1v) is 9.77. The van der Waals surface area contributed by atoms with Gasteiger partial charge in [-0.15, -0.1) is 0 Å². The molecule has 1 unspecified atom stereocenters. The van der Waals surface area contributed by atoms with Crippen LogP contribution in [0.2, 0.25) is 0 Å². The lowest BCUT2D eigenvalue weighted by Gasteiger charge is -2.24. The Morgan fingerprint density at radius 1 is 1.00 bits per heavy atom. The average molecular weight is 411 g/mol. The number of hydrogen-bond donors (Lipinski definition) is 3. The molecule has 0 aliphatic rings. The summed E-state index contributed by atoms with van der Waals surface area (Å²) in [6, 6.07) is 7.76. The molecule has 0 saturated carbocycles. The highest BCUT2D eigenvalue weighted by molar-refractivity contribution is 6.27. The van der Waals surface area contributed by atoms with Gasteiger partial charge in [-0.25, -0.2) is 9.59 Å². The van der Waals surface area contributed by atoms with Crippen LogP contribution in [0.5, 0.6) is 5.75 Å². The Hall–Kier alpha value is -2.45. The molecule has 0 radical (unpaired) electrons. The van der Waals surface area contributed by atoms with Crippen LogP contribution in [0.25, 0.3) is 0 Å².